The molecule has 1 saturated heterocycles. The van der Waals surface area contributed by atoms with Crippen LogP contribution in [0.1, 0.15) is 22.3 Å². The molecule has 0 radical (unpaired) electrons. The predicted molar refractivity (Wildman–Crippen MR) is 126 cm³/mol. The number of halogens is 3. The molecule has 0 spiro atoms. The Morgan fingerprint density at radius 3 is 2.11 bits per heavy atom. The maximum absolute atomic E-state index is 13.1. The first-order valence-electron chi connectivity index (χ1n) is 11.4. The first kappa shape index (κ1) is 24.6. The molecule has 1 heterocycles. The van der Waals surface area contributed by atoms with Crippen molar-refractivity contribution in [1.29, 1.82) is 0 Å². The number of benzene rings is 3. The lowest BCUT2D eigenvalue weighted by molar-refractivity contribution is -0.138. The molecular formula is C27H27F3N2O3. The van der Waals surface area contributed by atoms with Gasteiger partial charge in [-0.25, -0.2) is 4.79 Å². The summed E-state index contributed by atoms with van der Waals surface area (Å²) >= 11 is 0. The maximum Gasteiger partial charge on any atom is 0.416 e. The quantitative estimate of drug-likeness (QED) is 0.429. The minimum absolute atomic E-state index is 0.0564. The van der Waals surface area contributed by atoms with Crippen molar-refractivity contribution in [3.05, 3.63) is 101 Å². The van der Waals surface area contributed by atoms with Crippen molar-refractivity contribution in [1.82, 2.24) is 9.80 Å². The maximum atomic E-state index is 13.1. The highest BCUT2D eigenvalue weighted by atomic mass is 19.4. The number of alkyl halides is 3. The van der Waals surface area contributed by atoms with Gasteiger partial charge in [0, 0.05) is 43.9 Å². The van der Waals surface area contributed by atoms with Gasteiger partial charge in [-0.2, -0.15) is 13.2 Å². The Labute approximate surface area is 202 Å². The van der Waals surface area contributed by atoms with E-state index in [4.69, 9.17) is 9.47 Å². The van der Waals surface area contributed by atoms with Crippen LogP contribution in [-0.2, 0) is 30.7 Å². The average Bonchev–Trinajstić information content (AvgIpc) is 2.87. The smallest absolute Gasteiger partial charge is 0.416 e. The Balaban J connectivity index is 1.27. The Bertz CT molecular complexity index is 1110. The molecule has 3 aromatic carbocycles. The van der Waals surface area contributed by atoms with E-state index < -0.39 is 24.4 Å². The molecule has 0 saturated carbocycles. The molecule has 0 atom stereocenters. The highest BCUT2D eigenvalue weighted by molar-refractivity contribution is 5.67. The van der Waals surface area contributed by atoms with Crippen LogP contribution in [0.4, 0.5) is 18.0 Å². The van der Waals surface area contributed by atoms with Crippen molar-refractivity contribution < 1.29 is 27.4 Å². The average molecular weight is 485 g/mol. The zero-order chi connectivity index (χ0) is 24.7. The topological polar surface area (TPSA) is 42.0 Å². The highest BCUT2D eigenvalue weighted by Crippen LogP contribution is 2.32. The van der Waals surface area contributed by atoms with Gasteiger partial charge in [0.25, 0.3) is 0 Å². The molecule has 184 valence electrons. The Morgan fingerprint density at radius 1 is 0.771 bits per heavy atom. The van der Waals surface area contributed by atoms with Crippen LogP contribution in [0.15, 0.2) is 78.9 Å². The van der Waals surface area contributed by atoms with Crippen LogP contribution in [0, 0.1) is 0 Å². The Morgan fingerprint density at radius 2 is 1.40 bits per heavy atom. The zero-order valence-corrected chi connectivity index (χ0v) is 19.2. The number of amides is 1. The van der Waals surface area contributed by atoms with Crippen molar-refractivity contribution in [2.24, 2.45) is 0 Å². The second-order valence-corrected chi connectivity index (χ2v) is 8.35. The molecular weight excluding hydrogens is 457 g/mol. The number of rotatable bonds is 7. The molecule has 0 aliphatic carbocycles. The van der Waals surface area contributed by atoms with Crippen LogP contribution in [-0.4, -0.2) is 42.1 Å². The third-order valence-corrected chi connectivity index (χ3v) is 5.91. The number of hydrogen-bond acceptors (Lipinski definition) is 4. The molecule has 1 aliphatic rings. The summed E-state index contributed by atoms with van der Waals surface area (Å²) in [5.41, 5.74) is 1.31. The Kier molecular flexibility index (Phi) is 7.92. The third-order valence-electron chi connectivity index (χ3n) is 5.91. The van der Waals surface area contributed by atoms with E-state index in [9.17, 15) is 18.0 Å². The van der Waals surface area contributed by atoms with Crippen LogP contribution in [0.25, 0.3) is 0 Å². The fourth-order valence-electron chi connectivity index (χ4n) is 3.99. The van der Waals surface area contributed by atoms with E-state index in [0.29, 0.717) is 39.3 Å². The molecule has 3 aromatic rings. The van der Waals surface area contributed by atoms with Gasteiger partial charge in [0.15, 0.2) is 0 Å². The predicted octanol–water partition coefficient (Wildman–Crippen LogP) is 5.74. The van der Waals surface area contributed by atoms with Gasteiger partial charge in [0.1, 0.15) is 19.0 Å². The fourth-order valence-corrected chi connectivity index (χ4v) is 3.99. The fraction of sp³-hybridized carbons (Fsp3) is 0.296. The lowest BCUT2D eigenvalue weighted by Crippen LogP contribution is -2.48. The SMILES string of the molecule is O=C(OCc1ccccc1C(F)(F)F)N1CCN(Cc2ccccc2OCc2ccccc2)CC1. The molecule has 35 heavy (non-hydrogen) atoms. The van der Waals surface area contributed by atoms with Crippen molar-refractivity contribution >= 4 is 6.09 Å². The van der Waals surface area contributed by atoms with Crippen LogP contribution in [0.3, 0.4) is 0 Å². The van der Waals surface area contributed by atoms with Gasteiger partial charge in [-0.3, -0.25) is 4.90 Å². The number of para-hydroxylation sites is 1. The van der Waals surface area contributed by atoms with E-state index in [2.05, 4.69) is 4.90 Å². The summed E-state index contributed by atoms with van der Waals surface area (Å²) in [6.07, 6.45) is -5.09. The lowest BCUT2D eigenvalue weighted by Gasteiger charge is -2.34. The van der Waals surface area contributed by atoms with Gasteiger partial charge in [0.2, 0.25) is 0 Å². The first-order valence-corrected chi connectivity index (χ1v) is 11.4. The summed E-state index contributed by atoms with van der Waals surface area (Å²) in [6, 6.07) is 23.0. The third kappa shape index (κ3) is 6.76. The summed E-state index contributed by atoms with van der Waals surface area (Å²) < 4.78 is 50.7. The standard InChI is InChI=1S/C27H27F3N2O3/c28-27(29,30)24-12-6-4-11-23(24)20-35-26(33)32-16-14-31(15-17-32)18-22-10-5-7-13-25(22)34-19-21-8-2-1-3-9-21/h1-13H,14-20H2. The van der Waals surface area contributed by atoms with Crippen LogP contribution in [0.2, 0.25) is 0 Å². The molecule has 4 rings (SSSR count). The van der Waals surface area contributed by atoms with Gasteiger partial charge in [-0.05, 0) is 17.7 Å². The molecule has 1 aliphatic heterocycles. The monoisotopic (exact) mass is 484 g/mol. The van der Waals surface area contributed by atoms with E-state index in [0.717, 1.165) is 22.9 Å². The van der Waals surface area contributed by atoms with E-state index in [1.807, 2.05) is 54.6 Å². The lowest BCUT2D eigenvalue weighted by atomic mass is 10.1. The molecule has 1 fully saturated rings. The molecule has 0 N–H and O–H groups in total. The second kappa shape index (κ2) is 11.3. The van der Waals surface area contributed by atoms with Gasteiger partial charge in [-0.1, -0.05) is 66.7 Å². The van der Waals surface area contributed by atoms with Crippen LogP contribution in [0.5, 0.6) is 5.75 Å². The van der Waals surface area contributed by atoms with E-state index in [1.54, 1.807) is 0 Å². The van der Waals surface area contributed by atoms with E-state index >= 15 is 0 Å². The molecule has 1 amide bonds. The van der Waals surface area contributed by atoms with Gasteiger partial charge in [-0.15, -0.1) is 0 Å². The van der Waals surface area contributed by atoms with Crippen molar-refractivity contribution in [3.8, 4) is 5.75 Å². The summed E-state index contributed by atoms with van der Waals surface area (Å²) in [7, 11) is 0. The minimum Gasteiger partial charge on any atom is -0.489 e. The zero-order valence-electron chi connectivity index (χ0n) is 19.2. The van der Waals surface area contributed by atoms with Crippen LogP contribution >= 0.6 is 0 Å². The summed E-state index contributed by atoms with van der Waals surface area (Å²) in [5.74, 6) is 0.821. The number of carbonyl (C=O) groups is 1. The second-order valence-electron chi connectivity index (χ2n) is 8.35. The largest absolute Gasteiger partial charge is 0.489 e. The molecule has 0 aromatic heterocycles. The van der Waals surface area contributed by atoms with Crippen molar-refractivity contribution in [2.75, 3.05) is 26.2 Å². The number of nitrogens with zero attached hydrogens (tertiary/aromatic N) is 2. The first-order chi connectivity index (χ1) is 16.9. The summed E-state index contributed by atoms with van der Waals surface area (Å²) in [4.78, 5) is 16.2. The minimum atomic E-state index is -4.49. The highest BCUT2D eigenvalue weighted by Gasteiger charge is 2.33. The molecule has 0 unspecified atom stereocenters. The van der Waals surface area contributed by atoms with Gasteiger partial charge in [0.05, 0.1) is 5.56 Å². The Hall–Kier alpha value is -3.52. The van der Waals surface area contributed by atoms with Crippen LogP contribution < -0.4 is 4.74 Å². The number of hydrogen-bond donors (Lipinski definition) is 0. The normalized spacial score (nSPS) is 14.5. The van der Waals surface area contributed by atoms with Gasteiger partial charge >= 0.3 is 12.3 Å². The number of ether oxygens (including phenoxy) is 2. The summed E-state index contributed by atoms with van der Waals surface area (Å²) in [6.45, 7) is 2.87. The molecule has 0 bridgehead atoms. The van der Waals surface area contributed by atoms with Crippen molar-refractivity contribution in [2.45, 2.75) is 25.9 Å². The number of piperazine rings is 1. The van der Waals surface area contributed by atoms with Crippen molar-refractivity contribution in [3.63, 3.8) is 0 Å². The van der Waals surface area contributed by atoms with E-state index in [1.165, 1.54) is 23.1 Å². The van der Waals surface area contributed by atoms with E-state index in [-0.39, 0.29) is 5.56 Å². The molecule has 5 nitrogen and oxygen atoms in total. The van der Waals surface area contributed by atoms with Gasteiger partial charge < -0.3 is 14.4 Å². The number of carbonyl (C=O) groups excluding carboxylic acids is 1. The molecule has 8 heteroatoms. The summed E-state index contributed by atoms with van der Waals surface area (Å²) in [5, 5.41) is 0.